The minimum absolute atomic E-state index is 0.834. The van der Waals surface area contributed by atoms with E-state index in [0.717, 1.165) is 12.0 Å². The number of nitrogens with zero attached hydrogens (tertiary/aromatic N) is 1. The first-order valence-electron chi connectivity index (χ1n) is 5.48. The number of piperidine rings is 1. The van der Waals surface area contributed by atoms with Crippen molar-refractivity contribution in [3.05, 3.63) is 0 Å². The van der Waals surface area contributed by atoms with Gasteiger partial charge in [0, 0.05) is 6.04 Å². The number of unbranched alkanes of at least 4 members (excludes halogenated alkanes) is 1. The van der Waals surface area contributed by atoms with Gasteiger partial charge in [0.1, 0.15) is 0 Å². The molecule has 0 radical (unpaired) electrons. The molecule has 1 saturated heterocycles. The predicted molar refractivity (Wildman–Crippen MR) is 54.3 cm³/mol. The molecule has 1 heteroatoms. The van der Waals surface area contributed by atoms with E-state index in [4.69, 9.17) is 0 Å². The summed E-state index contributed by atoms with van der Waals surface area (Å²) in [4.78, 5) is 2.66. The zero-order valence-corrected chi connectivity index (χ0v) is 8.84. The molecule has 72 valence electrons. The van der Waals surface area contributed by atoms with E-state index < -0.39 is 0 Å². The summed E-state index contributed by atoms with van der Waals surface area (Å²) in [6, 6.07) is 0.834. The maximum atomic E-state index is 2.66. The van der Waals surface area contributed by atoms with Crippen molar-refractivity contribution in [3.63, 3.8) is 0 Å². The number of rotatable bonds is 3. The molecule has 0 aromatic carbocycles. The van der Waals surface area contributed by atoms with Crippen molar-refractivity contribution >= 4 is 0 Å². The first kappa shape index (κ1) is 10.0. The average molecular weight is 169 g/mol. The van der Waals surface area contributed by atoms with Crippen molar-refractivity contribution in [2.45, 2.75) is 52.5 Å². The molecule has 0 spiro atoms. The molecule has 1 rings (SSSR count). The zero-order chi connectivity index (χ0) is 8.97. The van der Waals surface area contributed by atoms with Crippen LogP contribution in [0.2, 0.25) is 0 Å². The first-order valence-corrected chi connectivity index (χ1v) is 5.48. The summed E-state index contributed by atoms with van der Waals surface area (Å²) in [7, 11) is 0. The van der Waals surface area contributed by atoms with Gasteiger partial charge in [-0.2, -0.15) is 0 Å². The van der Waals surface area contributed by atoms with Crippen molar-refractivity contribution in [2.75, 3.05) is 13.1 Å². The van der Waals surface area contributed by atoms with Crippen LogP contribution in [-0.2, 0) is 0 Å². The van der Waals surface area contributed by atoms with Gasteiger partial charge in [0.2, 0.25) is 0 Å². The molecule has 1 aliphatic rings. The molecular weight excluding hydrogens is 146 g/mol. The Labute approximate surface area is 77.1 Å². The van der Waals surface area contributed by atoms with Crippen LogP contribution in [0.25, 0.3) is 0 Å². The van der Waals surface area contributed by atoms with Crippen LogP contribution in [0.4, 0.5) is 0 Å². The Morgan fingerprint density at radius 2 is 2.08 bits per heavy atom. The van der Waals surface area contributed by atoms with Gasteiger partial charge in [-0.3, -0.25) is 0 Å². The maximum absolute atomic E-state index is 2.66. The number of hydrogen-bond acceptors (Lipinski definition) is 1. The highest BCUT2D eigenvalue weighted by Gasteiger charge is 2.21. The smallest absolute Gasteiger partial charge is 0.00694 e. The monoisotopic (exact) mass is 169 g/mol. The second-order valence-electron chi connectivity index (χ2n) is 4.37. The Kier molecular flexibility index (Phi) is 4.07. The van der Waals surface area contributed by atoms with Crippen LogP contribution in [0.15, 0.2) is 0 Å². The summed E-state index contributed by atoms with van der Waals surface area (Å²) < 4.78 is 0. The quantitative estimate of drug-likeness (QED) is 0.628. The van der Waals surface area contributed by atoms with Crippen LogP contribution in [0.3, 0.4) is 0 Å². The lowest BCUT2D eigenvalue weighted by molar-refractivity contribution is 0.128. The van der Waals surface area contributed by atoms with Crippen LogP contribution in [0, 0.1) is 5.92 Å². The fourth-order valence-corrected chi connectivity index (χ4v) is 2.15. The molecule has 0 aromatic heterocycles. The minimum Gasteiger partial charge on any atom is -0.301 e. The molecule has 1 aliphatic heterocycles. The van der Waals surface area contributed by atoms with Crippen LogP contribution < -0.4 is 0 Å². The Morgan fingerprint density at radius 1 is 1.33 bits per heavy atom. The summed E-state index contributed by atoms with van der Waals surface area (Å²) in [5.74, 6) is 0.956. The molecule has 1 heterocycles. The van der Waals surface area contributed by atoms with Gasteiger partial charge in [-0.05, 0) is 45.2 Å². The van der Waals surface area contributed by atoms with E-state index in [1.54, 1.807) is 0 Å². The molecule has 12 heavy (non-hydrogen) atoms. The highest BCUT2D eigenvalue weighted by molar-refractivity contribution is 4.76. The largest absolute Gasteiger partial charge is 0.301 e. The van der Waals surface area contributed by atoms with Crippen molar-refractivity contribution in [1.82, 2.24) is 4.90 Å². The number of hydrogen-bond donors (Lipinski definition) is 0. The van der Waals surface area contributed by atoms with Gasteiger partial charge in [0.25, 0.3) is 0 Å². The van der Waals surface area contributed by atoms with Crippen molar-refractivity contribution in [1.29, 1.82) is 0 Å². The van der Waals surface area contributed by atoms with E-state index in [9.17, 15) is 0 Å². The third-order valence-corrected chi connectivity index (χ3v) is 3.07. The zero-order valence-electron chi connectivity index (χ0n) is 8.84. The van der Waals surface area contributed by atoms with Gasteiger partial charge >= 0.3 is 0 Å². The van der Waals surface area contributed by atoms with Gasteiger partial charge < -0.3 is 4.90 Å². The van der Waals surface area contributed by atoms with Crippen LogP contribution in [0.1, 0.15) is 46.5 Å². The summed E-state index contributed by atoms with van der Waals surface area (Å²) in [5.41, 5.74) is 0. The fourth-order valence-electron chi connectivity index (χ4n) is 2.15. The Balaban J connectivity index is 2.25. The summed E-state index contributed by atoms with van der Waals surface area (Å²) in [6.07, 6.45) is 5.52. The summed E-state index contributed by atoms with van der Waals surface area (Å²) >= 11 is 0. The lowest BCUT2D eigenvalue weighted by atomic mass is 9.93. The summed E-state index contributed by atoms with van der Waals surface area (Å²) in [5, 5.41) is 0. The molecule has 0 unspecified atom stereocenters. The second kappa shape index (κ2) is 4.86. The van der Waals surface area contributed by atoms with Crippen LogP contribution in [0.5, 0.6) is 0 Å². The van der Waals surface area contributed by atoms with Crippen LogP contribution >= 0.6 is 0 Å². The fraction of sp³-hybridized carbons (Fsp3) is 1.00. The van der Waals surface area contributed by atoms with Gasteiger partial charge in [0.15, 0.2) is 0 Å². The Bertz CT molecular complexity index is 120. The van der Waals surface area contributed by atoms with E-state index in [2.05, 4.69) is 25.7 Å². The Hall–Kier alpha value is -0.0400. The van der Waals surface area contributed by atoms with Gasteiger partial charge in [-0.25, -0.2) is 0 Å². The summed E-state index contributed by atoms with van der Waals surface area (Å²) in [6.45, 7) is 9.70. The molecule has 0 bridgehead atoms. The molecule has 0 aromatic rings. The second-order valence-corrected chi connectivity index (χ2v) is 4.37. The minimum atomic E-state index is 0.834. The van der Waals surface area contributed by atoms with E-state index >= 15 is 0 Å². The molecule has 0 amide bonds. The SMILES string of the molecule is CCCCN1CC[C@H](C)C[C@@H]1C. The molecule has 1 nitrogen and oxygen atoms in total. The first-order chi connectivity index (χ1) is 5.74. The topological polar surface area (TPSA) is 3.24 Å². The van der Waals surface area contributed by atoms with E-state index in [1.165, 1.54) is 38.8 Å². The van der Waals surface area contributed by atoms with Crippen molar-refractivity contribution in [2.24, 2.45) is 5.92 Å². The van der Waals surface area contributed by atoms with Crippen LogP contribution in [-0.4, -0.2) is 24.0 Å². The normalized spacial score (nSPS) is 32.2. The molecule has 0 N–H and O–H groups in total. The highest BCUT2D eigenvalue weighted by atomic mass is 15.2. The molecule has 0 aliphatic carbocycles. The Morgan fingerprint density at radius 3 is 2.67 bits per heavy atom. The van der Waals surface area contributed by atoms with E-state index in [1.807, 2.05) is 0 Å². The average Bonchev–Trinajstić information content (AvgIpc) is 2.03. The van der Waals surface area contributed by atoms with Gasteiger partial charge in [-0.1, -0.05) is 20.3 Å². The lowest BCUT2D eigenvalue weighted by Crippen LogP contribution is -2.40. The molecular formula is C11H23N. The molecule has 1 fully saturated rings. The van der Waals surface area contributed by atoms with E-state index in [0.29, 0.717) is 0 Å². The maximum Gasteiger partial charge on any atom is 0.00694 e. The lowest BCUT2D eigenvalue weighted by Gasteiger charge is -2.36. The van der Waals surface area contributed by atoms with Crippen molar-refractivity contribution in [3.8, 4) is 0 Å². The predicted octanol–water partition coefficient (Wildman–Crippen LogP) is 2.91. The molecule has 2 atom stereocenters. The van der Waals surface area contributed by atoms with E-state index in [-0.39, 0.29) is 0 Å². The highest BCUT2D eigenvalue weighted by Crippen LogP contribution is 2.21. The third kappa shape index (κ3) is 2.78. The van der Waals surface area contributed by atoms with Gasteiger partial charge in [0.05, 0.1) is 0 Å². The van der Waals surface area contributed by atoms with Crippen molar-refractivity contribution < 1.29 is 0 Å². The third-order valence-electron chi connectivity index (χ3n) is 3.07. The molecule has 0 saturated carbocycles. The standard InChI is InChI=1S/C11H23N/c1-4-5-7-12-8-6-10(2)9-11(12)3/h10-11H,4-9H2,1-3H3/t10-,11-/m0/s1. The van der Waals surface area contributed by atoms with Gasteiger partial charge in [-0.15, -0.1) is 0 Å². The number of likely N-dealkylation sites (tertiary alicyclic amines) is 1.